The summed E-state index contributed by atoms with van der Waals surface area (Å²) in [5.74, 6) is 1.01. The lowest BCUT2D eigenvalue weighted by Crippen LogP contribution is -2.32. The molecule has 2 heterocycles. The zero-order valence-corrected chi connectivity index (χ0v) is 14.2. The van der Waals surface area contributed by atoms with Crippen molar-refractivity contribution >= 4 is 5.91 Å². The molecule has 1 aliphatic carbocycles. The van der Waals surface area contributed by atoms with Gasteiger partial charge in [0.25, 0.3) is 5.91 Å². The summed E-state index contributed by atoms with van der Waals surface area (Å²) in [4.78, 5) is 16.7. The van der Waals surface area contributed by atoms with Crippen molar-refractivity contribution in [1.82, 2.24) is 24.6 Å². The predicted octanol–water partition coefficient (Wildman–Crippen LogP) is 2.32. The summed E-state index contributed by atoms with van der Waals surface area (Å²) in [6.07, 6.45) is 9.01. The van der Waals surface area contributed by atoms with E-state index in [-0.39, 0.29) is 11.3 Å². The fraction of sp³-hybridized carbons (Fsp3) is 0.588. The topological polar surface area (TPSA) is 64.7 Å². The molecule has 2 aromatic heterocycles. The molecule has 0 spiro atoms. The van der Waals surface area contributed by atoms with Crippen LogP contribution in [-0.2, 0) is 13.1 Å². The van der Waals surface area contributed by atoms with Gasteiger partial charge in [-0.3, -0.25) is 9.48 Å². The van der Waals surface area contributed by atoms with Crippen LogP contribution in [0.15, 0.2) is 18.6 Å². The number of imidazole rings is 1. The van der Waals surface area contributed by atoms with E-state index in [1.807, 2.05) is 37.1 Å². The highest BCUT2D eigenvalue weighted by Gasteiger charge is 2.43. The van der Waals surface area contributed by atoms with Crippen LogP contribution in [0.1, 0.15) is 48.1 Å². The fourth-order valence-electron chi connectivity index (χ4n) is 2.95. The summed E-state index contributed by atoms with van der Waals surface area (Å²) in [6.45, 7) is 8.49. The van der Waals surface area contributed by atoms with Crippen molar-refractivity contribution in [3.8, 4) is 0 Å². The Balaban J connectivity index is 1.59. The minimum atomic E-state index is -0.0153. The second kappa shape index (κ2) is 6.18. The average Bonchev–Trinajstić information content (AvgIpc) is 3.02. The Bertz CT molecular complexity index is 696. The average molecular weight is 315 g/mol. The number of nitrogens with one attached hydrogen (secondary N) is 1. The van der Waals surface area contributed by atoms with E-state index in [2.05, 4.69) is 26.9 Å². The van der Waals surface area contributed by atoms with Crippen molar-refractivity contribution in [2.24, 2.45) is 5.41 Å². The third-order valence-corrected chi connectivity index (χ3v) is 4.65. The quantitative estimate of drug-likeness (QED) is 0.853. The summed E-state index contributed by atoms with van der Waals surface area (Å²) in [5.41, 5.74) is 1.67. The van der Waals surface area contributed by atoms with Crippen LogP contribution in [0.4, 0.5) is 0 Å². The van der Waals surface area contributed by atoms with Crippen LogP contribution in [0.2, 0.25) is 0 Å². The van der Waals surface area contributed by atoms with Gasteiger partial charge in [-0.15, -0.1) is 0 Å². The molecule has 0 aromatic carbocycles. The lowest BCUT2D eigenvalue weighted by molar-refractivity contribution is 0.0942. The highest BCUT2D eigenvalue weighted by Crippen LogP contribution is 2.46. The Morgan fingerprint density at radius 3 is 2.78 bits per heavy atom. The third-order valence-electron chi connectivity index (χ3n) is 4.65. The second-order valence-electron chi connectivity index (χ2n) is 6.68. The van der Waals surface area contributed by atoms with E-state index in [0.29, 0.717) is 12.1 Å². The first-order chi connectivity index (χ1) is 11.0. The lowest BCUT2D eigenvalue weighted by atomic mass is 10.1. The maximum atomic E-state index is 12.4. The molecule has 1 amide bonds. The molecule has 0 atom stereocenters. The first kappa shape index (κ1) is 15.8. The summed E-state index contributed by atoms with van der Waals surface area (Å²) < 4.78 is 4.02. The number of hydrogen-bond donors (Lipinski definition) is 1. The Kier molecular flexibility index (Phi) is 4.24. The molecule has 2 aromatic rings. The normalized spacial score (nSPS) is 15.6. The molecule has 0 saturated heterocycles. The van der Waals surface area contributed by atoms with Crippen molar-refractivity contribution < 1.29 is 4.79 Å². The van der Waals surface area contributed by atoms with E-state index in [4.69, 9.17) is 0 Å². The highest BCUT2D eigenvalue weighted by molar-refractivity contribution is 5.95. The lowest BCUT2D eigenvalue weighted by Gasteiger charge is -2.17. The van der Waals surface area contributed by atoms with Crippen LogP contribution in [-0.4, -0.2) is 31.8 Å². The molecule has 124 valence electrons. The van der Waals surface area contributed by atoms with E-state index < -0.39 is 0 Å². The molecule has 0 aliphatic heterocycles. The minimum Gasteiger partial charge on any atom is -0.351 e. The first-order valence-electron chi connectivity index (χ1n) is 8.33. The number of hydrogen-bond acceptors (Lipinski definition) is 3. The molecule has 6 nitrogen and oxygen atoms in total. The van der Waals surface area contributed by atoms with Crippen LogP contribution in [0, 0.1) is 19.3 Å². The van der Waals surface area contributed by atoms with E-state index in [1.54, 1.807) is 0 Å². The smallest absolute Gasteiger partial charge is 0.254 e. The molecule has 1 aliphatic rings. The van der Waals surface area contributed by atoms with Crippen molar-refractivity contribution in [3.05, 3.63) is 35.7 Å². The number of aryl methyl sites for hydroxylation is 3. The second-order valence-corrected chi connectivity index (χ2v) is 6.68. The molecule has 23 heavy (non-hydrogen) atoms. The van der Waals surface area contributed by atoms with Gasteiger partial charge < -0.3 is 9.88 Å². The molecule has 1 N–H and O–H groups in total. The van der Waals surface area contributed by atoms with Gasteiger partial charge in [-0.25, -0.2) is 4.98 Å². The molecule has 1 saturated carbocycles. The monoisotopic (exact) mass is 315 g/mol. The van der Waals surface area contributed by atoms with E-state index in [1.165, 1.54) is 0 Å². The molecule has 0 unspecified atom stereocenters. The number of aromatic nitrogens is 4. The number of rotatable bonds is 7. The van der Waals surface area contributed by atoms with E-state index in [9.17, 15) is 4.79 Å². The van der Waals surface area contributed by atoms with Gasteiger partial charge in [0.2, 0.25) is 0 Å². The summed E-state index contributed by atoms with van der Waals surface area (Å²) in [6, 6.07) is 0. The standard InChI is InChI=1S/C17H25N5O/c1-4-8-22-10-15(13(2)20-22)16(23)19-11-17(5-6-17)12-21-9-7-18-14(21)3/h7,9-10H,4-6,8,11-12H2,1-3H3,(H,19,23). The maximum absolute atomic E-state index is 12.4. The van der Waals surface area contributed by atoms with Crippen LogP contribution in [0.25, 0.3) is 0 Å². The Morgan fingerprint density at radius 2 is 2.17 bits per heavy atom. The predicted molar refractivity (Wildman–Crippen MR) is 88.2 cm³/mol. The van der Waals surface area contributed by atoms with Gasteiger partial charge in [0.05, 0.1) is 11.3 Å². The Hall–Kier alpha value is -2.11. The first-order valence-corrected chi connectivity index (χ1v) is 8.33. The number of nitrogens with zero attached hydrogens (tertiary/aromatic N) is 4. The molecule has 0 bridgehead atoms. The van der Waals surface area contributed by atoms with Gasteiger partial charge in [0.1, 0.15) is 5.82 Å². The summed E-state index contributed by atoms with van der Waals surface area (Å²) >= 11 is 0. The maximum Gasteiger partial charge on any atom is 0.254 e. The molecular formula is C17H25N5O. The van der Waals surface area contributed by atoms with Crippen LogP contribution >= 0.6 is 0 Å². The Morgan fingerprint density at radius 1 is 1.39 bits per heavy atom. The van der Waals surface area contributed by atoms with E-state index in [0.717, 1.165) is 43.9 Å². The van der Waals surface area contributed by atoms with E-state index >= 15 is 0 Å². The van der Waals surface area contributed by atoms with Crippen LogP contribution < -0.4 is 5.32 Å². The van der Waals surface area contributed by atoms with Crippen molar-refractivity contribution in [2.45, 2.75) is 53.1 Å². The fourth-order valence-corrected chi connectivity index (χ4v) is 2.95. The van der Waals surface area contributed by atoms with Gasteiger partial charge in [-0.2, -0.15) is 5.10 Å². The largest absolute Gasteiger partial charge is 0.351 e. The molecule has 3 rings (SSSR count). The van der Waals surface area contributed by atoms with Gasteiger partial charge in [0, 0.05) is 43.6 Å². The van der Waals surface area contributed by atoms with Gasteiger partial charge in [-0.1, -0.05) is 6.92 Å². The van der Waals surface area contributed by atoms with Gasteiger partial charge in [-0.05, 0) is 33.1 Å². The molecule has 0 radical (unpaired) electrons. The van der Waals surface area contributed by atoms with Gasteiger partial charge >= 0.3 is 0 Å². The van der Waals surface area contributed by atoms with Gasteiger partial charge in [0.15, 0.2) is 0 Å². The van der Waals surface area contributed by atoms with Crippen molar-refractivity contribution in [1.29, 1.82) is 0 Å². The van der Waals surface area contributed by atoms with Crippen LogP contribution in [0.3, 0.4) is 0 Å². The number of amides is 1. The minimum absolute atomic E-state index is 0.0153. The van der Waals surface area contributed by atoms with Crippen LogP contribution in [0.5, 0.6) is 0 Å². The summed E-state index contributed by atoms with van der Waals surface area (Å²) in [7, 11) is 0. The SMILES string of the molecule is CCCn1cc(C(=O)NCC2(Cn3ccnc3C)CC2)c(C)n1. The molecule has 1 fully saturated rings. The zero-order chi connectivity index (χ0) is 16.4. The molecular weight excluding hydrogens is 290 g/mol. The number of carbonyl (C=O) groups excluding carboxylic acids is 1. The Labute approximate surface area is 136 Å². The summed E-state index contributed by atoms with van der Waals surface area (Å²) in [5, 5.41) is 7.50. The van der Waals surface area contributed by atoms with Crippen molar-refractivity contribution in [3.63, 3.8) is 0 Å². The number of carbonyl (C=O) groups is 1. The third kappa shape index (κ3) is 3.46. The van der Waals surface area contributed by atoms with Crippen molar-refractivity contribution in [2.75, 3.05) is 6.54 Å². The molecule has 6 heteroatoms. The zero-order valence-electron chi connectivity index (χ0n) is 14.2. The highest BCUT2D eigenvalue weighted by atomic mass is 16.1.